The largest absolute Gasteiger partial charge is 0.743 e. The molecule has 0 saturated heterocycles. The molecule has 0 aromatic heterocycles. The Balaban J connectivity index is 5.14. The van der Waals surface area contributed by atoms with Gasteiger partial charge in [0.2, 0.25) is 0 Å². The first kappa shape index (κ1) is 13.8. The van der Waals surface area contributed by atoms with E-state index >= 15 is 0 Å². The third kappa shape index (κ3) is 2.42. The van der Waals surface area contributed by atoms with Crippen molar-refractivity contribution in [1.29, 1.82) is 0 Å². The molecule has 6 heteroatoms. The molecule has 1 atom stereocenters. The molecule has 0 aliphatic rings. The third-order valence-corrected chi connectivity index (χ3v) is 3.94. The molecule has 14 heavy (non-hydrogen) atoms. The quantitative estimate of drug-likeness (QED) is 0.694. The maximum absolute atomic E-state index is 13.1. The van der Waals surface area contributed by atoms with Crippen LogP contribution < -0.4 is 0 Å². The summed E-state index contributed by atoms with van der Waals surface area (Å²) in [5.41, 5.74) is -0.888. The van der Waals surface area contributed by atoms with Gasteiger partial charge in [-0.2, -0.15) is 8.78 Å². The van der Waals surface area contributed by atoms with Gasteiger partial charge in [0.15, 0.2) is 10.1 Å². The summed E-state index contributed by atoms with van der Waals surface area (Å²) in [5, 5.41) is -4.20. The van der Waals surface area contributed by atoms with Crippen LogP contribution in [0.4, 0.5) is 8.78 Å². The molecule has 3 nitrogen and oxygen atoms in total. The molecule has 0 aromatic carbocycles. The highest BCUT2D eigenvalue weighted by molar-refractivity contribution is 7.86. The molecule has 0 amide bonds. The second-order valence-corrected chi connectivity index (χ2v) is 5.53. The highest BCUT2D eigenvalue weighted by Crippen LogP contribution is 2.42. The van der Waals surface area contributed by atoms with E-state index in [-0.39, 0.29) is 0 Å². The first-order chi connectivity index (χ1) is 5.97. The van der Waals surface area contributed by atoms with Crippen molar-refractivity contribution in [2.24, 2.45) is 11.3 Å². The summed E-state index contributed by atoms with van der Waals surface area (Å²) in [6.07, 6.45) is 0.374. The maximum Gasteiger partial charge on any atom is 0.337 e. The summed E-state index contributed by atoms with van der Waals surface area (Å²) in [6.45, 7) is 5.77. The number of halogens is 2. The Hall–Kier alpha value is -0.230. The van der Waals surface area contributed by atoms with Gasteiger partial charge in [-0.3, -0.25) is 0 Å². The lowest BCUT2D eigenvalue weighted by Gasteiger charge is -2.37. The van der Waals surface area contributed by atoms with Crippen LogP contribution >= 0.6 is 0 Å². The average molecular weight is 229 g/mol. The monoisotopic (exact) mass is 229 g/mol. The van der Waals surface area contributed by atoms with Crippen LogP contribution in [0.3, 0.4) is 0 Å². The van der Waals surface area contributed by atoms with E-state index in [1.807, 2.05) is 0 Å². The number of hydrogen-bond donors (Lipinski definition) is 0. The zero-order chi connectivity index (χ0) is 11.8. The number of rotatable bonds is 4. The lowest BCUT2D eigenvalue weighted by Crippen LogP contribution is -2.42. The molecule has 0 spiro atoms. The van der Waals surface area contributed by atoms with E-state index in [0.717, 1.165) is 6.92 Å². The summed E-state index contributed by atoms with van der Waals surface area (Å²) in [5.74, 6) is -1.50. The minimum absolute atomic E-state index is 0.374. The Kier molecular flexibility index (Phi) is 3.67. The van der Waals surface area contributed by atoms with Crippen LogP contribution in [0.15, 0.2) is 0 Å². The van der Waals surface area contributed by atoms with Crippen molar-refractivity contribution >= 4 is 10.1 Å². The minimum Gasteiger partial charge on any atom is -0.743 e. The fourth-order valence-corrected chi connectivity index (χ4v) is 1.73. The molecule has 0 fully saturated rings. The first-order valence-corrected chi connectivity index (χ1v) is 5.71. The molecule has 0 N–H and O–H groups in total. The smallest absolute Gasteiger partial charge is 0.337 e. The highest BCUT2D eigenvalue weighted by Gasteiger charge is 2.49. The molecule has 0 radical (unpaired) electrons. The van der Waals surface area contributed by atoms with Crippen molar-refractivity contribution in [1.82, 2.24) is 0 Å². The van der Waals surface area contributed by atoms with Crippen LogP contribution in [0.25, 0.3) is 0 Å². The molecule has 0 rings (SSSR count). The summed E-state index contributed by atoms with van der Waals surface area (Å²) in [7, 11) is -5.58. The Morgan fingerprint density at radius 3 is 1.93 bits per heavy atom. The Labute approximate surface area is 83.3 Å². The van der Waals surface area contributed by atoms with Gasteiger partial charge in [-0.25, -0.2) is 8.42 Å². The SMILES string of the molecule is CCC(C)(C)C(C)C(F)(F)S(=O)(=O)[O-]. The fourth-order valence-electron chi connectivity index (χ4n) is 0.978. The molecule has 1 unspecified atom stereocenters. The summed E-state index contributed by atoms with van der Waals surface area (Å²) < 4.78 is 57.3. The normalized spacial score (nSPS) is 16.8. The van der Waals surface area contributed by atoms with Gasteiger partial charge in [0.1, 0.15) is 0 Å². The van der Waals surface area contributed by atoms with Gasteiger partial charge in [-0.15, -0.1) is 0 Å². The second-order valence-electron chi connectivity index (χ2n) is 4.08. The van der Waals surface area contributed by atoms with Crippen molar-refractivity contribution in [3.8, 4) is 0 Å². The zero-order valence-corrected chi connectivity index (χ0v) is 9.49. The van der Waals surface area contributed by atoms with E-state index in [0.29, 0.717) is 6.42 Å². The number of alkyl halides is 2. The molecule has 0 saturated carbocycles. The minimum atomic E-state index is -5.58. The predicted molar refractivity (Wildman–Crippen MR) is 47.9 cm³/mol. The Bertz CT molecular complexity index is 296. The zero-order valence-electron chi connectivity index (χ0n) is 8.67. The van der Waals surface area contributed by atoms with Crippen LogP contribution in [0, 0.1) is 11.3 Å². The average Bonchev–Trinajstić information content (AvgIpc) is 2.01. The van der Waals surface area contributed by atoms with Crippen LogP contribution in [0.5, 0.6) is 0 Å². The number of hydrogen-bond acceptors (Lipinski definition) is 3. The van der Waals surface area contributed by atoms with Crippen molar-refractivity contribution in [3.63, 3.8) is 0 Å². The molecular weight excluding hydrogens is 214 g/mol. The third-order valence-electron chi connectivity index (χ3n) is 2.92. The standard InChI is InChI=1S/C8H16F2O3S/c1-5-7(3,4)6(2)8(9,10)14(11,12)13/h6H,5H2,1-4H3,(H,11,12,13)/p-1. The Morgan fingerprint density at radius 1 is 1.36 bits per heavy atom. The van der Waals surface area contributed by atoms with E-state index < -0.39 is 26.7 Å². The lowest BCUT2D eigenvalue weighted by molar-refractivity contribution is -0.0304. The Morgan fingerprint density at radius 2 is 1.71 bits per heavy atom. The van der Waals surface area contributed by atoms with Crippen LogP contribution in [-0.4, -0.2) is 18.2 Å². The molecule has 0 bridgehead atoms. The summed E-state index contributed by atoms with van der Waals surface area (Å²) in [6, 6.07) is 0. The molecule has 86 valence electrons. The van der Waals surface area contributed by atoms with Crippen molar-refractivity contribution < 1.29 is 21.8 Å². The molecule has 0 aliphatic carbocycles. The van der Waals surface area contributed by atoms with Gasteiger partial charge < -0.3 is 4.55 Å². The van der Waals surface area contributed by atoms with Crippen molar-refractivity contribution in [3.05, 3.63) is 0 Å². The van der Waals surface area contributed by atoms with E-state index in [1.54, 1.807) is 6.92 Å². The van der Waals surface area contributed by atoms with Gasteiger partial charge >= 0.3 is 5.25 Å². The van der Waals surface area contributed by atoms with Crippen LogP contribution in [0.1, 0.15) is 34.1 Å². The summed E-state index contributed by atoms with van der Waals surface area (Å²) >= 11 is 0. The van der Waals surface area contributed by atoms with E-state index in [9.17, 15) is 21.8 Å². The lowest BCUT2D eigenvalue weighted by atomic mass is 9.78. The van der Waals surface area contributed by atoms with E-state index in [1.165, 1.54) is 13.8 Å². The maximum atomic E-state index is 13.1. The fraction of sp³-hybridized carbons (Fsp3) is 1.00. The first-order valence-electron chi connectivity index (χ1n) is 4.30. The van der Waals surface area contributed by atoms with Crippen LogP contribution in [0.2, 0.25) is 0 Å². The molecular formula is C8H15F2O3S-. The van der Waals surface area contributed by atoms with Crippen molar-refractivity contribution in [2.45, 2.75) is 39.4 Å². The van der Waals surface area contributed by atoms with Crippen molar-refractivity contribution in [2.75, 3.05) is 0 Å². The second kappa shape index (κ2) is 3.73. The highest BCUT2D eigenvalue weighted by atomic mass is 32.2. The van der Waals surface area contributed by atoms with Gasteiger partial charge in [0, 0.05) is 5.92 Å². The molecule has 0 aliphatic heterocycles. The van der Waals surface area contributed by atoms with Gasteiger partial charge in [-0.05, 0) is 5.41 Å². The van der Waals surface area contributed by atoms with Gasteiger partial charge in [-0.1, -0.05) is 34.1 Å². The van der Waals surface area contributed by atoms with E-state index in [4.69, 9.17) is 0 Å². The van der Waals surface area contributed by atoms with Gasteiger partial charge in [0.25, 0.3) is 0 Å². The van der Waals surface area contributed by atoms with E-state index in [2.05, 4.69) is 0 Å². The summed E-state index contributed by atoms with van der Waals surface area (Å²) in [4.78, 5) is 0. The predicted octanol–water partition coefficient (Wildman–Crippen LogP) is 2.20. The van der Waals surface area contributed by atoms with Crippen LogP contribution in [-0.2, 0) is 10.1 Å². The van der Waals surface area contributed by atoms with Gasteiger partial charge in [0.05, 0.1) is 0 Å². The molecule has 0 aromatic rings. The molecule has 0 heterocycles. The topological polar surface area (TPSA) is 57.2 Å².